The number of amides is 1. The molecule has 72 heavy (non-hydrogen) atoms. The maximum atomic E-state index is 14.2. The Kier molecular flexibility index (Phi) is 21.0. The Morgan fingerprint density at radius 1 is 1.06 bits per heavy atom. The highest BCUT2D eigenvalue weighted by Gasteiger charge is 2.59. The van der Waals surface area contributed by atoms with Crippen molar-refractivity contribution in [1.29, 1.82) is 0 Å². The molecule has 4 aliphatic rings. The van der Waals surface area contributed by atoms with Crippen LogP contribution < -0.4 is 16.3 Å². The molecule has 0 saturated carbocycles. The first-order valence-electron chi connectivity index (χ1n) is 26.3. The zero-order valence-electron chi connectivity index (χ0n) is 44.5. The summed E-state index contributed by atoms with van der Waals surface area (Å²) in [5.41, 5.74) is 7.87. The van der Waals surface area contributed by atoms with Crippen molar-refractivity contribution in [1.82, 2.24) is 50.5 Å². The zero-order chi connectivity index (χ0) is 52.1. The molecule has 3 fully saturated rings. The number of piperazine rings is 1. The van der Waals surface area contributed by atoms with Gasteiger partial charge in [-0.15, -0.1) is 5.53 Å². The fraction of sp³-hybridized carbons (Fsp3) is 0.731. The number of imidazole rings is 1. The van der Waals surface area contributed by atoms with Gasteiger partial charge in [-0.05, 0) is 72.1 Å². The number of aliphatic hydroxyl groups excluding tert-OH is 1. The number of unbranched alkanes of at least 4 members (excludes halogenated alkanes) is 1. The van der Waals surface area contributed by atoms with Crippen LogP contribution in [0.15, 0.2) is 48.9 Å². The van der Waals surface area contributed by atoms with E-state index in [2.05, 4.69) is 47.3 Å². The second-order valence-electron chi connectivity index (χ2n) is 20.5. The summed E-state index contributed by atoms with van der Waals surface area (Å²) in [6.45, 7) is 21.9. The number of rotatable bonds is 28. The first-order chi connectivity index (χ1) is 34.5. The molecular formula is C52H84N10O10. The van der Waals surface area contributed by atoms with Crippen molar-refractivity contribution in [2.45, 2.75) is 155 Å². The number of methoxy groups -OCH3 is 1. The Labute approximate surface area is 426 Å². The summed E-state index contributed by atoms with van der Waals surface area (Å²) < 4.78 is 32.4. The number of nitrogens with one attached hydrogen (secondary N) is 3. The van der Waals surface area contributed by atoms with Gasteiger partial charge in [0.05, 0.1) is 30.1 Å². The Bertz CT molecular complexity index is 2090. The van der Waals surface area contributed by atoms with Gasteiger partial charge < -0.3 is 53.9 Å². The van der Waals surface area contributed by atoms with Gasteiger partial charge in [0.1, 0.15) is 23.9 Å². The molecule has 0 radical (unpaired) electrons. The van der Waals surface area contributed by atoms with Crippen LogP contribution in [0, 0.1) is 23.7 Å². The minimum Gasteiger partial charge on any atom is -0.458 e. The number of aromatic nitrogens is 3. The normalized spacial score (nSPS) is 26.4. The Morgan fingerprint density at radius 3 is 2.50 bits per heavy atom. The molecule has 20 heteroatoms. The highest BCUT2D eigenvalue weighted by molar-refractivity contribution is 6.00. The van der Waals surface area contributed by atoms with Crippen LogP contribution >= 0.6 is 0 Å². The summed E-state index contributed by atoms with van der Waals surface area (Å²) in [6, 6.07) is 2.76. The summed E-state index contributed by atoms with van der Waals surface area (Å²) in [4.78, 5) is 71.1. The van der Waals surface area contributed by atoms with Crippen LogP contribution in [0.4, 0.5) is 4.79 Å². The molecule has 402 valence electrons. The molecule has 0 aromatic carbocycles. The van der Waals surface area contributed by atoms with E-state index in [1.54, 1.807) is 37.5 Å². The third kappa shape index (κ3) is 14.2. The van der Waals surface area contributed by atoms with Gasteiger partial charge >= 0.3 is 12.1 Å². The number of aryl methyl sites for hydroxylation is 1. The Morgan fingerprint density at radius 2 is 1.81 bits per heavy atom. The number of carbonyl (C=O) groups is 4. The number of hydrogen-bond acceptors (Lipinski definition) is 18. The van der Waals surface area contributed by atoms with Crippen molar-refractivity contribution >= 4 is 23.6 Å². The van der Waals surface area contributed by atoms with E-state index in [9.17, 15) is 24.3 Å². The van der Waals surface area contributed by atoms with Crippen LogP contribution in [0.5, 0.6) is 0 Å². The first-order valence-corrected chi connectivity index (χ1v) is 26.3. The molecule has 20 nitrogen and oxygen atoms in total. The van der Waals surface area contributed by atoms with Gasteiger partial charge in [0.2, 0.25) is 0 Å². The molecule has 12 atom stereocenters. The second kappa shape index (κ2) is 26.6. The highest BCUT2D eigenvalue weighted by Crippen LogP contribution is 2.41. The number of nitrogens with zero attached hydrogens (tertiary/aromatic N) is 7. The van der Waals surface area contributed by atoms with Crippen molar-refractivity contribution in [3.8, 4) is 11.3 Å². The number of cyclic esters (lactones) is 1. The molecule has 4 aliphatic heterocycles. The smallest absolute Gasteiger partial charge is 0.410 e. The van der Waals surface area contributed by atoms with Crippen LogP contribution in [0.3, 0.4) is 0 Å². The third-order valence-corrected chi connectivity index (χ3v) is 15.1. The number of ether oxygens (including phenoxy) is 5. The summed E-state index contributed by atoms with van der Waals surface area (Å²) in [5, 5.41) is 17.1. The van der Waals surface area contributed by atoms with Gasteiger partial charge in [0, 0.05) is 126 Å². The monoisotopic (exact) mass is 1010 g/mol. The van der Waals surface area contributed by atoms with Gasteiger partial charge in [0.15, 0.2) is 24.0 Å². The molecule has 3 saturated heterocycles. The van der Waals surface area contributed by atoms with E-state index in [0.29, 0.717) is 38.9 Å². The summed E-state index contributed by atoms with van der Waals surface area (Å²) in [5.74, 6) is -4.45. The molecule has 6 rings (SSSR count). The molecule has 0 spiro atoms. The third-order valence-electron chi connectivity index (χ3n) is 15.1. The zero-order valence-corrected chi connectivity index (χ0v) is 44.5. The maximum Gasteiger partial charge on any atom is 0.410 e. The molecule has 1 amide bonds. The standard InChI is InChI=1S/C52H84N10O10/c1-11-16-34(3)44(63)36(5)47-52(8,72-51(67)62(47)23-14-13-22-60-32-41(55-33-60)39-17-15-19-54-30-39)43(12-2)70-48(66)37(6)45(64)38(7)49(68-10)71-50-46(65)42(29-35(4)69-50)58(9)24-18-40-31-61(57-56-40)28-27-59-25-20-53-21-26-59/h15,17,19,30-38,42-43,46-47,49-50,53,56-57,65H,11-14,16,18,20-29H2,1-10H3/t34-,35-,36+,37?,38+,42?,43-,46-,47-,49-,50+,52-/m1/s1. The van der Waals surface area contributed by atoms with Gasteiger partial charge in [-0.25, -0.2) is 9.78 Å². The number of likely N-dealkylation sites (N-methyl/N-ethyl adjacent to an activating group) is 1. The molecule has 0 aliphatic carbocycles. The molecule has 6 heterocycles. The van der Waals surface area contributed by atoms with E-state index in [-0.39, 0.29) is 30.3 Å². The molecule has 0 bridgehead atoms. The predicted octanol–water partition coefficient (Wildman–Crippen LogP) is 4.36. The molecule has 2 aromatic rings. The molecule has 2 unspecified atom stereocenters. The van der Waals surface area contributed by atoms with Crippen molar-refractivity contribution < 1.29 is 48.0 Å². The lowest BCUT2D eigenvalue weighted by atomic mass is 9.76. The van der Waals surface area contributed by atoms with E-state index >= 15 is 0 Å². The Hall–Kier alpha value is -4.54. The number of hydrazine groups is 2. The summed E-state index contributed by atoms with van der Waals surface area (Å²) >= 11 is 0. The van der Waals surface area contributed by atoms with Crippen LogP contribution in [0.2, 0.25) is 0 Å². The van der Waals surface area contributed by atoms with Crippen molar-refractivity contribution in [2.75, 3.05) is 66.5 Å². The number of hydrogen-bond donors (Lipinski definition) is 4. The number of esters is 1. The number of Topliss-reactive ketones (excluding diaryl/α,β-unsaturated/α-hetero) is 2. The quantitative estimate of drug-likeness (QED) is 0.0404. The van der Waals surface area contributed by atoms with E-state index in [0.717, 1.165) is 75.5 Å². The summed E-state index contributed by atoms with van der Waals surface area (Å²) in [7, 11) is 3.37. The van der Waals surface area contributed by atoms with Gasteiger partial charge in [-0.2, -0.15) is 0 Å². The largest absolute Gasteiger partial charge is 0.458 e. The molecule has 2 aromatic heterocycles. The lowest BCUT2D eigenvalue weighted by molar-refractivity contribution is -0.310. The predicted molar refractivity (Wildman–Crippen MR) is 270 cm³/mol. The van der Waals surface area contributed by atoms with Crippen molar-refractivity contribution in [2.24, 2.45) is 23.7 Å². The molecule has 4 N–H and O–H groups in total. The van der Waals surface area contributed by atoms with E-state index in [4.69, 9.17) is 23.7 Å². The minimum absolute atomic E-state index is 0.00150. The van der Waals surface area contributed by atoms with Gasteiger partial charge in [-0.1, -0.05) is 41.0 Å². The van der Waals surface area contributed by atoms with Gasteiger partial charge in [-0.3, -0.25) is 29.3 Å². The van der Waals surface area contributed by atoms with E-state index < -0.39 is 72.0 Å². The van der Waals surface area contributed by atoms with E-state index in [1.165, 1.54) is 14.0 Å². The minimum atomic E-state index is -1.42. The topological polar surface area (TPSA) is 214 Å². The second-order valence-corrected chi connectivity index (χ2v) is 20.5. The number of pyridine rings is 1. The average Bonchev–Trinajstić information content (AvgIpc) is 4.12. The Balaban J connectivity index is 1.05. The van der Waals surface area contributed by atoms with E-state index in [1.807, 2.05) is 64.6 Å². The maximum absolute atomic E-state index is 14.2. The van der Waals surface area contributed by atoms with Gasteiger partial charge in [0.25, 0.3) is 0 Å². The van der Waals surface area contributed by atoms with Crippen LogP contribution in [-0.2, 0) is 44.6 Å². The average molecular weight is 1010 g/mol. The first kappa shape index (κ1) is 56.8. The fourth-order valence-electron chi connectivity index (χ4n) is 10.8. The number of ketones is 2. The van der Waals surface area contributed by atoms with Crippen LogP contribution in [0.1, 0.15) is 100 Å². The number of aliphatic hydroxyl groups is 1. The van der Waals surface area contributed by atoms with Crippen LogP contribution in [-0.4, -0.2) is 178 Å². The lowest BCUT2D eigenvalue weighted by Gasteiger charge is -2.43. The fourth-order valence-corrected chi connectivity index (χ4v) is 10.8. The summed E-state index contributed by atoms with van der Waals surface area (Å²) in [6.07, 6.45) is 8.49. The lowest BCUT2D eigenvalue weighted by Crippen LogP contribution is -2.57. The molecular weight excluding hydrogens is 925 g/mol. The van der Waals surface area contributed by atoms with Crippen molar-refractivity contribution in [3.63, 3.8) is 0 Å². The SMILES string of the molecule is CCC[C@@H](C)C(=O)[C@H](C)[C@H]1N(CCCCn2cnc(-c3cccnc3)c2)C(=O)O[C@]1(C)[C@@H](CC)OC(=O)C(C)C(=O)[C@H](C)[C@H](OC)O[C@@H]1O[C@H](C)CC(N(C)CCC2=CN(CCN3CCNCC3)NN2)[C@H]1O. The van der Waals surface area contributed by atoms with Crippen molar-refractivity contribution in [3.05, 3.63) is 48.9 Å². The van der Waals surface area contributed by atoms with Crippen LogP contribution in [0.25, 0.3) is 11.3 Å². The number of carbonyl (C=O) groups excluding carboxylic acids is 4. The highest BCUT2D eigenvalue weighted by atomic mass is 16.8.